The van der Waals surface area contributed by atoms with Gasteiger partial charge < -0.3 is 26.0 Å². The second-order valence-corrected chi connectivity index (χ2v) is 12.6. The number of carbonyl (C=O) groups is 2. The van der Waals surface area contributed by atoms with Crippen molar-refractivity contribution in [3.63, 3.8) is 0 Å². The third-order valence-corrected chi connectivity index (χ3v) is 7.58. The Bertz CT molecular complexity index is 1090. The number of benzene rings is 1. The lowest BCUT2D eigenvalue weighted by Crippen LogP contribution is -2.52. The van der Waals surface area contributed by atoms with E-state index in [1.54, 1.807) is 24.0 Å². The van der Waals surface area contributed by atoms with Crippen LogP contribution in [0.1, 0.15) is 59.4 Å². The summed E-state index contributed by atoms with van der Waals surface area (Å²) in [5.41, 5.74) is 5.97. The number of amides is 2. The van der Waals surface area contributed by atoms with Gasteiger partial charge in [0.2, 0.25) is 11.8 Å². The van der Waals surface area contributed by atoms with Crippen molar-refractivity contribution in [3.8, 4) is 0 Å². The molecule has 2 rings (SSSR count). The number of nitrogens with two attached hydrogens (primary N) is 1. The molecule has 1 aliphatic rings. The van der Waals surface area contributed by atoms with Gasteiger partial charge in [-0.15, -0.1) is 0 Å². The number of aliphatic hydroxyl groups is 1. The minimum absolute atomic E-state index is 0.00587. The first-order valence-electron chi connectivity index (χ1n) is 14.6. The molecule has 3 atom stereocenters. The van der Waals surface area contributed by atoms with E-state index in [9.17, 15) is 23.5 Å². The van der Waals surface area contributed by atoms with E-state index < -0.39 is 35.0 Å². The summed E-state index contributed by atoms with van der Waals surface area (Å²) in [6, 6.07) is 3.20. The van der Waals surface area contributed by atoms with Crippen LogP contribution in [0.15, 0.2) is 41.5 Å². The molecule has 2 amide bonds. The van der Waals surface area contributed by atoms with E-state index in [0.29, 0.717) is 36.3 Å². The van der Waals surface area contributed by atoms with Gasteiger partial charge in [-0.1, -0.05) is 45.4 Å². The van der Waals surface area contributed by atoms with Gasteiger partial charge in [-0.2, -0.15) is 0 Å². The molecule has 7 nitrogen and oxygen atoms in total. The van der Waals surface area contributed by atoms with Gasteiger partial charge in [0.15, 0.2) is 0 Å². The van der Waals surface area contributed by atoms with E-state index in [1.165, 1.54) is 12.1 Å². The molecule has 1 aliphatic carbocycles. The predicted molar refractivity (Wildman–Crippen MR) is 160 cm³/mol. The predicted octanol–water partition coefficient (Wildman–Crippen LogP) is 4.06. The monoisotopic (exact) mass is 576 g/mol. The maximum Gasteiger partial charge on any atom is 0.249 e. The van der Waals surface area contributed by atoms with Crippen LogP contribution in [0.2, 0.25) is 0 Å². The Morgan fingerprint density at radius 1 is 1.12 bits per heavy atom. The summed E-state index contributed by atoms with van der Waals surface area (Å²) in [6.45, 7) is 12.7. The van der Waals surface area contributed by atoms with Gasteiger partial charge in [0.1, 0.15) is 11.6 Å². The van der Waals surface area contributed by atoms with Crippen LogP contribution in [-0.2, 0) is 16.0 Å². The first kappa shape index (κ1) is 34.6. The second-order valence-electron chi connectivity index (χ2n) is 12.6. The summed E-state index contributed by atoms with van der Waals surface area (Å²) in [5.74, 6) is -3.21. The van der Waals surface area contributed by atoms with Crippen LogP contribution in [0.3, 0.4) is 0 Å². The molecule has 0 bridgehead atoms. The van der Waals surface area contributed by atoms with E-state index in [0.717, 1.165) is 25.5 Å². The molecule has 1 aromatic carbocycles. The summed E-state index contributed by atoms with van der Waals surface area (Å²) in [4.78, 5) is 30.9. The van der Waals surface area contributed by atoms with Crippen molar-refractivity contribution in [1.82, 2.24) is 15.1 Å². The fourth-order valence-corrected chi connectivity index (χ4v) is 6.17. The Morgan fingerprint density at radius 2 is 1.71 bits per heavy atom. The van der Waals surface area contributed by atoms with Crippen molar-refractivity contribution in [2.24, 2.45) is 22.5 Å². The van der Waals surface area contributed by atoms with Gasteiger partial charge >= 0.3 is 0 Å². The van der Waals surface area contributed by atoms with Gasteiger partial charge in [0.25, 0.3) is 0 Å². The largest absolute Gasteiger partial charge is 0.391 e. The maximum absolute atomic E-state index is 14.2. The molecule has 0 radical (unpaired) electrons. The third kappa shape index (κ3) is 9.72. The van der Waals surface area contributed by atoms with Crippen LogP contribution in [0.5, 0.6) is 0 Å². The van der Waals surface area contributed by atoms with E-state index in [4.69, 9.17) is 5.73 Å². The summed E-state index contributed by atoms with van der Waals surface area (Å²) in [5, 5.41) is 15.0. The van der Waals surface area contributed by atoms with E-state index in [1.807, 2.05) is 27.9 Å². The molecule has 0 heterocycles. The number of halogens is 2. The second kappa shape index (κ2) is 15.0. The normalized spacial score (nSPS) is 19.0. The Hall–Kier alpha value is -2.62. The maximum atomic E-state index is 14.2. The zero-order valence-corrected chi connectivity index (χ0v) is 25.9. The van der Waals surface area contributed by atoms with Gasteiger partial charge in [0, 0.05) is 50.3 Å². The van der Waals surface area contributed by atoms with Crippen LogP contribution in [-0.4, -0.2) is 79.6 Å². The number of carbonyl (C=O) groups excluding carboxylic acids is 2. The summed E-state index contributed by atoms with van der Waals surface area (Å²) in [6.07, 6.45) is 3.94. The highest BCUT2D eigenvalue weighted by Gasteiger charge is 2.48. The molecule has 4 N–H and O–H groups in total. The Balaban J connectivity index is 2.50. The van der Waals surface area contributed by atoms with Crippen molar-refractivity contribution >= 4 is 11.8 Å². The highest BCUT2D eigenvalue weighted by Crippen LogP contribution is 2.44. The van der Waals surface area contributed by atoms with Gasteiger partial charge in [0.05, 0.1) is 11.5 Å². The number of primary amides is 1. The number of hydrogen-bond acceptors (Lipinski definition) is 5. The highest BCUT2D eigenvalue weighted by molar-refractivity contribution is 5.96. The first-order chi connectivity index (χ1) is 19.1. The summed E-state index contributed by atoms with van der Waals surface area (Å²) >= 11 is 0. The third-order valence-electron chi connectivity index (χ3n) is 7.58. The SMILES string of the molecule is CCCN(CCC)C(=O)C1=CC(C)=CC(C(N)=O)([C@H](Cc2cc(F)cc(F)c2)[C@@H](O)CNCC(C)(C)CN(C)C)C1. The van der Waals surface area contributed by atoms with Crippen LogP contribution >= 0.6 is 0 Å². The number of allylic oxidation sites excluding steroid dienone is 2. The van der Waals surface area contributed by atoms with E-state index in [2.05, 4.69) is 24.1 Å². The van der Waals surface area contributed by atoms with E-state index in [-0.39, 0.29) is 30.7 Å². The number of nitrogens with zero attached hydrogens (tertiary/aromatic N) is 2. The number of aliphatic hydroxyl groups excluding tert-OH is 1. The molecule has 9 heteroatoms. The Morgan fingerprint density at radius 3 is 2.22 bits per heavy atom. The quantitative estimate of drug-likeness (QED) is 0.276. The smallest absolute Gasteiger partial charge is 0.249 e. The summed E-state index contributed by atoms with van der Waals surface area (Å²) in [7, 11) is 3.99. The zero-order chi connectivity index (χ0) is 31.0. The van der Waals surface area contributed by atoms with Gasteiger partial charge in [-0.25, -0.2) is 8.78 Å². The molecular formula is C32H50F2N4O3. The fourth-order valence-electron chi connectivity index (χ4n) is 6.17. The molecular weight excluding hydrogens is 526 g/mol. The molecule has 0 aliphatic heterocycles. The van der Waals surface area contributed by atoms with Crippen molar-refractivity contribution in [2.45, 2.75) is 66.4 Å². The van der Waals surface area contributed by atoms with Crippen LogP contribution in [0.4, 0.5) is 8.78 Å². The van der Waals surface area contributed by atoms with Crippen LogP contribution in [0, 0.1) is 28.4 Å². The van der Waals surface area contributed by atoms with Crippen LogP contribution in [0.25, 0.3) is 0 Å². The molecule has 0 aromatic heterocycles. The molecule has 0 fully saturated rings. The van der Waals surface area contributed by atoms with Crippen LogP contribution < -0.4 is 11.1 Å². The molecule has 230 valence electrons. The van der Waals surface area contributed by atoms with Crippen molar-refractivity contribution in [1.29, 1.82) is 0 Å². The molecule has 0 spiro atoms. The first-order valence-corrected chi connectivity index (χ1v) is 14.6. The number of rotatable bonds is 16. The Labute approximate surface area is 244 Å². The molecule has 1 unspecified atom stereocenters. The van der Waals surface area contributed by atoms with Crippen molar-refractivity contribution in [2.75, 3.05) is 46.8 Å². The molecule has 41 heavy (non-hydrogen) atoms. The minimum Gasteiger partial charge on any atom is -0.391 e. The van der Waals surface area contributed by atoms with Gasteiger partial charge in [-0.3, -0.25) is 9.59 Å². The fraction of sp³-hybridized carbons (Fsp3) is 0.625. The van der Waals surface area contributed by atoms with Gasteiger partial charge in [-0.05, 0) is 69.8 Å². The molecule has 0 saturated carbocycles. The highest BCUT2D eigenvalue weighted by atomic mass is 19.1. The summed E-state index contributed by atoms with van der Waals surface area (Å²) < 4.78 is 28.4. The lowest BCUT2D eigenvalue weighted by Gasteiger charge is -2.42. The molecule has 0 saturated heterocycles. The minimum atomic E-state index is -1.45. The lowest BCUT2D eigenvalue weighted by molar-refractivity contribution is -0.132. The number of hydrogen-bond donors (Lipinski definition) is 3. The topological polar surface area (TPSA) is 98.9 Å². The van der Waals surface area contributed by atoms with Crippen molar-refractivity contribution in [3.05, 3.63) is 58.7 Å². The average molecular weight is 577 g/mol. The average Bonchev–Trinajstić information content (AvgIpc) is 2.84. The zero-order valence-electron chi connectivity index (χ0n) is 25.9. The van der Waals surface area contributed by atoms with E-state index >= 15 is 0 Å². The standard InChI is InChI=1S/C32H50F2N4O3/c1-8-10-38(11-9-2)29(40)24-12-22(3)17-32(18-24,30(35)41)27(15-23-13-25(33)16-26(34)14-23)28(39)19-36-20-31(4,5)21-37(6)7/h12-14,16-17,27-28,36,39H,8-11,15,18-21H2,1-7H3,(H2,35,41)/t27-,28+,32?/m1/s1. The Kier molecular flexibility index (Phi) is 12.7. The lowest BCUT2D eigenvalue weighted by atomic mass is 9.63. The van der Waals surface area contributed by atoms with Crippen molar-refractivity contribution < 1.29 is 23.5 Å². The molecule has 1 aromatic rings. The number of nitrogens with one attached hydrogen (secondary N) is 1.